The third kappa shape index (κ3) is 5.43. The van der Waals surface area contributed by atoms with Crippen molar-refractivity contribution >= 4 is 20.7 Å². The number of nitrogens with zero attached hydrogens (tertiary/aromatic N) is 2. The van der Waals surface area contributed by atoms with Crippen LogP contribution in [0.2, 0.25) is 0 Å². The fourth-order valence-electron chi connectivity index (χ4n) is 3.75. The molecule has 4 aromatic rings. The van der Waals surface area contributed by atoms with Gasteiger partial charge in [-0.15, -0.1) is 0 Å². The van der Waals surface area contributed by atoms with E-state index in [2.05, 4.69) is 9.97 Å². The van der Waals surface area contributed by atoms with E-state index in [1.165, 1.54) is 6.26 Å². The molecule has 2 aromatic heterocycles. The van der Waals surface area contributed by atoms with E-state index in [0.717, 1.165) is 27.6 Å². The Morgan fingerprint density at radius 3 is 2.56 bits per heavy atom. The second-order valence-electron chi connectivity index (χ2n) is 9.16. The highest BCUT2D eigenvalue weighted by Crippen LogP contribution is 2.33. The number of pyridine rings is 2. The van der Waals surface area contributed by atoms with Crippen molar-refractivity contribution in [3.05, 3.63) is 84.3 Å². The number of ether oxygens (including phenoxy) is 1. The highest BCUT2D eigenvalue weighted by atomic mass is 32.2. The van der Waals surface area contributed by atoms with Gasteiger partial charge in [-0.3, -0.25) is 9.97 Å². The maximum Gasteiger partial charge on any atom is 0.150 e. The fourth-order valence-corrected chi connectivity index (χ4v) is 4.24. The van der Waals surface area contributed by atoms with Crippen LogP contribution in [-0.2, 0) is 21.9 Å². The molecule has 0 aliphatic rings. The molecule has 0 aliphatic heterocycles. The molecule has 176 valence electrons. The summed E-state index contributed by atoms with van der Waals surface area (Å²) >= 11 is 0. The number of hydrogen-bond donors (Lipinski definition) is 1. The monoisotopic (exact) mass is 476 g/mol. The van der Waals surface area contributed by atoms with Crippen molar-refractivity contribution < 1.29 is 18.3 Å². The molecule has 4 rings (SSSR count). The lowest BCUT2D eigenvalue weighted by Crippen LogP contribution is -2.18. The maximum atomic E-state index is 12.0. The van der Waals surface area contributed by atoms with Gasteiger partial charge in [0.2, 0.25) is 0 Å². The molecule has 0 spiro atoms. The fraction of sp³-hybridized carbons (Fsp3) is 0.259. The van der Waals surface area contributed by atoms with Gasteiger partial charge >= 0.3 is 0 Å². The smallest absolute Gasteiger partial charge is 0.150 e. The summed E-state index contributed by atoms with van der Waals surface area (Å²) in [5.74, 6) is 1.14. The minimum Gasteiger partial charge on any atom is -0.456 e. The van der Waals surface area contributed by atoms with Crippen LogP contribution in [0.3, 0.4) is 0 Å². The lowest BCUT2D eigenvalue weighted by Gasteiger charge is -2.18. The summed E-state index contributed by atoms with van der Waals surface area (Å²) in [5.41, 5.74) is 3.21. The van der Waals surface area contributed by atoms with Crippen molar-refractivity contribution in [2.45, 2.75) is 38.0 Å². The summed E-state index contributed by atoms with van der Waals surface area (Å²) in [4.78, 5) is 8.77. The lowest BCUT2D eigenvalue weighted by molar-refractivity contribution is 0.0780. The van der Waals surface area contributed by atoms with Crippen molar-refractivity contribution in [1.82, 2.24) is 9.97 Å². The lowest BCUT2D eigenvalue weighted by atomic mass is 9.97. The molecule has 1 unspecified atom stereocenters. The van der Waals surface area contributed by atoms with Gasteiger partial charge < -0.3 is 9.84 Å². The average Bonchev–Trinajstić information content (AvgIpc) is 2.78. The SMILES string of the molecule is CC(Cc1cc(-c2cccc(Oc3cncc(C(C)(C)O)c3)c2)c2ncccc2c1)S(C)(=O)=O. The number of hydrogen-bond acceptors (Lipinski definition) is 6. The summed E-state index contributed by atoms with van der Waals surface area (Å²) in [7, 11) is -3.15. The minimum atomic E-state index is -3.15. The zero-order valence-electron chi connectivity index (χ0n) is 19.7. The molecule has 0 bridgehead atoms. The van der Waals surface area contributed by atoms with E-state index in [1.807, 2.05) is 48.5 Å². The Labute approximate surface area is 200 Å². The Hall–Kier alpha value is -3.29. The van der Waals surface area contributed by atoms with Gasteiger partial charge in [-0.05, 0) is 74.7 Å². The van der Waals surface area contributed by atoms with Gasteiger partial charge in [-0.2, -0.15) is 0 Å². The third-order valence-electron chi connectivity index (χ3n) is 5.82. The molecule has 34 heavy (non-hydrogen) atoms. The Bertz CT molecular complexity index is 1440. The number of rotatable bonds is 7. The molecule has 1 atom stereocenters. The minimum absolute atomic E-state index is 0.419. The Morgan fingerprint density at radius 1 is 1.03 bits per heavy atom. The van der Waals surface area contributed by atoms with Gasteiger partial charge in [-0.25, -0.2) is 8.42 Å². The molecule has 0 saturated heterocycles. The van der Waals surface area contributed by atoms with E-state index >= 15 is 0 Å². The third-order valence-corrected chi connectivity index (χ3v) is 7.45. The van der Waals surface area contributed by atoms with Crippen LogP contribution >= 0.6 is 0 Å². The molecule has 2 heterocycles. The normalized spacial score (nSPS) is 13.1. The van der Waals surface area contributed by atoms with Crippen LogP contribution in [0, 0.1) is 0 Å². The van der Waals surface area contributed by atoms with Gasteiger partial charge in [0.1, 0.15) is 21.3 Å². The number of aliphatic hydroxyl groups is 1. The molecule has 2 aromatic carbocycles. The number of aromatic nitrogens is 2. The first-order chi connectivity index (χ1) is 16.0. The number of fused-ring (bicyclic) bond motifs is 1. The first-order valence-electron chi connectivity index (χ1n) is 11.0. The predicted octanol–water partition coefficient (Wildman–Crippen LogP) is 5.29. The van der Waals surface area contributed by atoms with Crippen LogP contribution in [0.15, 0.2) is 73.2 Å². The molecule has 0 fully saturated rings. The van der Waals surface area contributed by atoms with Crippen molar-refractivity contribution in [2.24, 2.45) is 0 Å². The van der Waals surface area contributed by atoms with Gasteiger partial charge in [-0.1, -0.05) is 18.2 Å². The van der Waals surface area contributed by atoms with Gasteiger partial charge in [0.15, 0.2) is 0 Å². The zero-order valence-corrected chi connectivity index (χ0v) is 20.5. The van der Waals surface area contributed by atoms with Crippen LogP contribution < -0.4 is 4.74 Å². The summed E-state index contributed by atoms with van der Waals surface area (Å²) < 4.78 is 30.1. The largest absolute Gasteiger partial charge is 0.456 e. The van der Waals surface area contributed by atoms with E-state index in [0.29, 0.717) is 23.5 Å². The highest BCUT2D eigenvalue weighted by Gasteiger charge is 2.18. The molecular weight excluding hydrogens is 448 g/mol. The quantitative estimate of drug-likeness (QED) is 0.390. The van der Waals surface area contributed by atoms with E-state index in [4.69, 9.17) is 4.74 Å². The Balaban J connectivity index is 1.73. The molecule has 1 N–H and O–H groups in total. The van der Waals surface area contributed by atoms with E-state index in [1.54, 1.807) is 45.4 Å². The van der Waals surface area contributed by atoms with Crippen molar-refractivity contribution in [2.75, 3.05) is 6.26 Å². The first kappa shape index (κ1) is 23.9. The van der Waals surface area contributed by atoms with Crippen molar-refractivity contribution in [3.63, 3.8) is 0 Å². The van der Waals surface area contributed by atoms with Crippen LogP contribution in [0.4, 0.5) is 0 Å². The first-order valence-corrected chi connectivity index (χ1v) is 13.0. The molecule has 6 nitrogen and oxygen atoms in total. The standard InChI is InChI=1S/C27H28N2O4S/c1-18(34(4,31)32)11-19-12-21-8-6-10-29-26(21)25(13-19)20-7-5-9-23(14-20)33-24-15-22(16-28-17-24)27(2,3)30/h5-10,12-18,30H,11H2,1-4H3. The topological polar surface area (TPSA) is 89.4 Å². The van der Waals surface area contributed by atoms with Gasteiger partial charge in [0, 0.05) is 35.2 Å². The summed E-state index contributed by atoms with van der Waals surface area (Å²) in [6, 6.07) is 17.3. The maximum absolute atomic E-state index is 12.0. The van der Waals surface area contributed by atoms with Gasteiger partial charge in [0.25, 0.3) is 0 Å². The van der Waals surface area contributed by atoms with E-state index in [-0.39, 0.29) is 0 Å². The van der Waals surface area contributed by atoms with E-state index < -0.39 is 20.7 Å². The average molecular weight is 477 g/mol. The van der Waals surface area contributed by atoms with Crippen molar-refractivity contribution in [3.8, 4) is 22.6 Å². The zero-order chi connectivity index (χ0) is 24.5. The second-order valence-corrected chi connectivity index (χ2v) is 11.6. The molecular formula is C27H28N2O4S. The molecule has 0 aliphatic carbocycles. The van der Waals surface area contributed by atoms with Crippen LogP contribution in [-0.4, -0.2) is 35.0 Å². The molecule has 0 saturated carbocycles. The van der Waals surface area contributed by atoms with Crippen LogP contribution in [0.25, 0.3) is 22.0 Å². The van der Waals surface area contributed by atoms with Crippen LogP contribution in [0.5, 0.6) is 11.5 Å². The van der Waals surface area contributed by atoms with Crippen LogP contribution in [0.1, 0.15) is 31.9 Å². The summed E-state index contributed by atoms with van der Waals surface area (Å²) in [6.07, 6.45) is 6.65. The second kappa shape index (κ2) is 9.16. The summed E-state index contributed by atoms with van der Waals surface area (Å²) in [5, 5.41) is 10.7. The molecule has 0 radical (unpaired) electrons. The number of benzene rings is 2. The predicted molar refractivity (Wildman–Crippen MR) is 135 cm³/mol. The highest BCUT2D eigenvalue weighted by molar-refractivity contribution is 7.91. The Kier molecular flexibility index (Phi) is 6.43. The molecule has 0 amide bonds. The Morgan fingerprint density at radius 2 is 1.82 bits per heavy atom. The number of sulfone groups is 1. The van der Waals surface area contributed by atoms with Gasteiger partial charge in [0.05, 0.1) is 22.6 Å². The summed E-state index contributed by atoms with van der Waals surface area (Å²) in [6.45, 7) is 5.13. The van der Waals surface area contributed by atoms with E-state index in [9.17, 15) is 13.5 Å². The molecule has 7 heteroatoms. The van der Waals surface area contributed by atoms with Crippen molar-refractivity contribution in [1.29, 1.82) is 0 Å².